The van der Waals surface area contributed by atoms with Gasteiger partial charge in [0.15, 0.2) is 0 Å². The highest BCUT2D eigenvalue weighted by Crippen LogP contribution is 2.16. The van der Waals surface area contributed by atoms with E-state index in [4.69, 9.17) is 16.7 Å². The molecule has 0 bridgehead atoms. The molecule has 2 unspecified atom stereocenters. The predicted molar refractivity (Wildman–Crippen MR) is 74.9 cm³/mol. The van der Waals surface area contributed by atoms with Crippen molar-refractivity contribution in [2.24, 2.45) is 5.92 Å². The largest absolute Gasteiger partial charge is 0.481 e. The molecule has 0 fully saturated rings. The SMILES string of the molecule is CC(NC(=O)/C=C/c1ccccc1Cl)C(C)C(=O)O. The van der Waals surface area contributed by atoms with Gasteiger partial charge in [0.05, 0.1) is 5.92 Å². The van der Waals surface area contributed by atoms with E-state index in [1.54, 1.807) is 38.1 Å². The molecule has 0 radical (unpaired) electrons. The molecule has 2 atom stereocenters. The van der Waals surface area contributed by atoms with Crippen LogP contribution in [0.4, 0.5) is 0 Å². The number of nitrogens with one attached hydrogen (secondary N) is 1. The lowest BCUT2D eigenvalue weighted by Gasteiger charge is -2.16. The van der Waals surface area contributed by atoms with Crippen LogP contribution in [0, 0.1) is 5.92 Å². The van der Waals surface area contributed by atoms with Crippen LogP contribution in [-0.4, -0.2) is 23.0 Å². The number of carboxylic acids is 1. The number of rotatable bonds is 5. The number of halogens is 1. The second kappa shape index (κ2) is 6.95. The normalized spacial score (nSPS) is 14.1. The topological polar surface area (TPSA) is 66.4 Å². The highest BCUT2D eigenvalue weighted by Gasteiger charge is 2.19. The van der Waals surface area contributed by atoms with Gasteiger partial charge in [-0.2, -0.15) is 0 Å². The first-order valence-electron chi connectivity index (χ1n) is 5.87. The summed E-state index contributed by atoms with van der Waals surface area (Å²) in [6.45, 7) is 3.20. The third kappa shape index (κ3) is 4.75. The van der Waals surface area contributed by atoms with Crippen LogP contribution in [0.15, 0.2) is 30.3 Å². The van der Waals surface area contributed by atoms with Gasteiger partial charge in [0.1, 0.15) is 0 Å². The molecule has 0 aliphatic carbocycles. The minimum Gasteiger partial charge on any atom is -0.481 e. The summed E-state index contributed by atoms with van der Waals surface area (Å²) in [4.78, 5) is 22.4. The van der Waals surface area contributed by atoms with Crippen LogP contribution < -0.4 is 5.32 Å². The Bertz CT molecular complexity index is 499. The zero-order valence-corrected chi connectivity index (χ0v) is 11.5. The zero-order chi connectivity index (χ0) is 14.4. The number of carbonyl (C=O) groups is 2. The van der Waals surface area contributed by atoms with Gasteiger partial charge >= 0.3 is 5.97 Å². The standard InChI is InChI=1S/C14H16ClNO3/c1-9(14(18)19)10(2)16-13(17)8-7-11-5-3-4-6-12(11)15/h3-10H,1-2H3,(H,16,17)(H,18,19)/b8-7+. The maximum atomic E-state index is 11.6. The molecular weight excluding hydrogens is 266 g/mol. The molecule has 0 heterocycles. The number of carbonyl (C=O) groups excluding carboxylic acids is 1. The number of benzene rings is 1. The van der Waals surface area contributed by atoms with E-state index in [0.717, 1.165) is 5.56 Å². The number of aliphatic carboxylic acids is 1. The first kappa shape index (κ1) is 15.2. The van der Waals surface area contributed by atoms with E-state index in [2.05, 4.69) is 5.32 Å². The van der Waals surface area contributed by atoms with E-state index in [1.807, 2.05) is 6.07 Å². The Labute approximate surface area is 117 Å². The van der Waals surface area contributed by atoms with Gasteiger partial charge in [0.2, 0.25) is 5.91 Å². The molecule has 0 aromatic heterocycles. The van der Waals surface area contributed by atoms with Crippen LogP contribution in [0.2, 0.25) is 5.02 Å². The minimum absolute atomic E-state index is 0.347. The summed E-state index contributed by atoms with van der Waals surface area (Å²) in [5.74, 6) is -1.93. The van der Waals surface area contributed by atoms with Crippen molar-refractivity contribution < 1.29 is 14.7 Å². The Morgan fingerprint density at radius 3 is 2.53 bits per heavy atom. The maximum Gasteiger partial charge on any atom is 0.308 e. The average Bonchev–Trinajstić information content (AvgIpc) is 2.36. The monoisotopic (exact) mass is 281 g/mol. The van der Waals surface area contributed by atoms with Crippen LogP contribution in [0.3, 0.4) is 0 Å². The first-order valence-corrected chi connectivity index (χ1v) is 6.25. The van der Waals surface area contributed by atoms with Crippen molar-refractivity contribution in [1.82, 2.24) is 5.32 Å². The Hall–Kier alpha value is -1.81. The van der Waals surface area contributed by atoms with E-state index >= 15 is 0 Å². The van der Waals surface area contributed by atoms with Gasteiger partial charge in [-0.05, 0) is 31.6 Å². The quantitative estimate of drug-likeness (QED) is 0.815. The van der Waals surface area contributed by atoms with Gasteiger partial charge in [-0.1, -0.05) is 29.8 Å². The van der Waals surface area contributed by atoms with E-state index in [9.17, 15) is 9.59 Å². The number of carboxylic acid groups (broad SMARTS) is 1. The number of hydrogen-bond acceptors (Lipinski definition) is 2. The molecule has 1 aromatic carbocycles. The molecule has 0 aliphatic heterocycles. The van der Waals surface area contributed by atoms with E-state index in [0.29, 0.717) is 5.02 Å². The van der Waals surface area contributed by atoms with Crippen molar-refractivity contribution in [1.29, 1.82) is 0 Å². The smallest absolute Gasteiger partial charge is 0.308 e. The highest BCUT2D eigenvalue weighted by molar-refractivity contribution is 6.32. The van der Waals surface area contributed by atoms with Crippen LogP contribution in [-0.2, 0) is 9.59 Å². The van der Waals surface area contributed by atoms with Gasteiger partial charge in [0.25, 0.3) is 0 Å². The minimum atomic E-state index is -0.942. The third-order valence-electron chi connectivity index (χ3n) is 2.83. The second-order valence-corrected chi connectivity index (χ2v) is 4.69. The Morgan fingerprint density at radius 2 is 1.95 bits per heavy atom. The van der Waals surface area contributed by atoms with Gasteiger partial charge < -0.3 is 10.4 Å². The molecule has 1 rings (SSSR count). The lowest BCUT2D eigenvalue weighted by atomic mass is 10.0. The van der Waals surface area contributed by atoms with Crippen molar-refractivity contribution in [3.8, 4) is 0 Å². The van der Waals surface area contributed by atoms with Gasteiger partial charge in [-0.25, -0.2) is 0 Å². The number of hydrogen-bond donors (Lipinski definition) is 2. The van der Waals surface area contributed by atoms with E-state index < -0.39 is 17.9 Å². The molecule has 19 heavy (non-hydrogen) atoms. The van der Waals surface area contributed by atoms with Gasteiger partial charge in [-0.3, -0.25) is 9.59 Å². The molecule has 0 saturated carbocycles. The summed E-state index contributed by atoms with van der Waals surface area (Å²) in [6, 6.07) is 6.69. The Balaban J connectivity index is 2.61. The van der Waals surface area contributed by atoms with Crippen molar-refractivity contribution in [2.75, 3.05) is 0 Å². The average molecular weight is 282 g/mol. The molecule has 4 nitrogen and oxygen atoms in total. The van der Waals surface area contributed by atoms with E-state index in [1.165, 1.54) is 6.08 Å². The summed E-state index contributed by atoms with van der Waals surface area (Å²) in [5.41, 5.74) is 0.734. The maximum absolute atomic E-state index is 11.6. The summed E-state index contributed by atoms with van der Waals surface area (Å²) in [7, 11) is 0. The third-order valence-corrected chi connectivity index (χ3v) is 3.17. The molecule has 0 saturated heterocycles. The van der Waals surface area contributed by atoms with Gasteiger partial charge in [0, 0.05) is 17.1 Å². The van der Waals surface area contributed by atoms with Crippen molar-refractivity contribution >= 4 is 29.6 Å². The molecule has 0 spiro atoms. The summed E-state index contributed by atoms with van der Waals surface area (Å²) in [5, 5.41) is 12.0. The molecule has 2 N–H and O–H groups in total. The Kier molecular flexibility index (Phi) is 5.57. The molecule has 102 valence electrons. The first-order chi connectivity index (χ1) is 8.91. The summed E-state index contributed by atoms with van der Waals surface area (Å²) in [6.07, 6.45) is 2.93. The molecular formula is C14H16ClNO3. The zero-order valence-electron chi connectivity index (χ0n) is 10.8. The van der Waals surface area contributed by atoms with Crippen LogP contribution >= 0.6 is 11.6 Å². The van der Waals surface area contributed by atoms with Crippen molar-refractivity contribution in [2.45, 2.75) is 19.9 Å². The summed E-state index contributed by atoms with van der Waals surface area (Å²) < 4.78 is 0. The fourth-order valence-corrected chi connectivity index (χ4v) is 1.59. The van der Waals surface area contributed by atoms with Crippen LogP contribution in [0.25, 0.3) is 6.08 Å². The molecule has 1 amide bonds. The van der Waals surface area contributed by atoms with E-state index in [-0.39, 0.29) is 5.91 Å². The fourth-order valence-electron chi connectivity index (χ4n) is 1.39. The Morgan fingerprint density at radius 1 is 1.32 bits per heavy atom. The lowest BCUT2D eigenvalue weighted by Crippen LogP contribution is -2.39. The fraction of sp³-hybridized carbons (Fsp3) is 0.286. The molecule has 0 aliphatic rings. The molecule has 1 aromatic rings. The second-order valence-electron chi connectivity index (χ2n) is 4.28. The van der Waals surface area contributed by atoms with Crippen molar-refractivity contribution in [3.05, 3.63) is 40.9 Å². The predicted octanol–water partition coefficient (Wildman–Crippen LogP) is 2.58. The number of amides is 1. The van der Waals surface area contributed by atoms with Gasteiger partial charge in [-0.15, -0.1) is 0 Å². The molecule has 5 heteroatoms. The van der Waals surface area contributed by atoms with Crippen molar-refractivity contribution in [3.63, 3.8) is 0 Å². The van der Waals surface area contributed by atoms with Crippen LogP contribution in [0.1, 0.15) is 19.4 Å². The highest BCUT2D eigenvalue weighted by atomic mass is 35.5. The lowest BCUT2D eigenvalue weighted by molar-refractivity contribution is -0.142. The summed E-state index contributed by atoms with van der Waals surface area (Å²) >= 11 is 5.94. The van der Waals surface area contributed by atoms with Crippen LogP contribution in [0.5, 0.6) is 0 Å².